The predicted octanol–water partition coefficient (Wildman–Crippen LogP) is 0.170. The molecule has 0 aliphatic rings. The summed E-state index contributed by atoms with van der Waals surface area (Å²) in [6.07, 6.45) is 5.14. The Labute approximate surface area is 82.9 Å². The number of hydrogen-bond acceptors (Lipinski definition) is 2. The Morgan fingerprint density at radius 3 is 2.36 bits per heavy atom. The van der Waals surface area contributed by atoms with Crippen LogP contribution in [0, 0.1) is 12.3 Å². The zero-order valence-corrected chi connectivity index (χ0v) is 8.42. The van der Waals surface area contributed by atoms with Crippen molar-refractivity contribution in [2.24, 2.45) is 0 Å². The van der Waals surface area contributed by atoms with Crippen LogP contribution in [0.2, 0.25) is 0 Å². The lowest BCUT2D eigenvalue weighted by atomic mass is 10.1. The summed E-state index contributed by atoms with van der Waals surface area (Å²) in [5, 5.41) is 13.2. The van der Waals surface area contributed by atoms with Crippen molar-refractivity contribution < 1.29 is 14.7 Å². The van der Waals surface area contributed by atoms with E-state index in [2.05, 4.69) is 16.6 Å². The van der Waals surface area contributed by atoms with Gasteiger partial charge in [-0.05, 0) is 20.8 Å². The van der Waals surface area contributed by atoms with E-state index < -0.39 is 23.6 Å². The van der Waals surface area contributed by atoms with Gasteiger partial charge in [0.15, 0.2) is 0 Å². The molecule has 0 radical (unpaired) electrons. The van der Waals surface area contributed by atoms with Crippen LogP contribution in [-0.4, -0.2) is 28.7 Å². The summed E-state index contributed by atoms with van der Waals surface area (Å²) in [7, 11) is 0. The number of carboxylic acids is 1. The summed E-state index contributed by atoms with van der Waals surface area (Å²) in [5.41, 5.74) is -0.789. The zero-order valence-electron chi connectivity index (χ0n) is 8.42. The van der Waals surface area contributed by atoms with E-state index in [1.165, 1.54) is 6.92 Å². The van der Waals surface area contributed by atoms with Crippen LogP contribution in [-0.2, 0) is 4.79 Å². The minimum atomic E-state index is -1.10. The maximum Gasteiger partial charge on any atom is 0.325 e. The molecule has 0 saturated heterocycles. The average Bonchev–Trinajstić information content (AvgIpc) is 2.02. The number of urea groups is 1. The van der Waals surface area contributed by atoms with Gasteiger partial charge in [-0.15, -0.1) is 6.42 Å². The SMILES string of the molecule is C#CC(C)(C)NC(=O)NC(C)C(=O)O. The number of hydrogen-bond donors (Lipinski definition) is 3. The van der Waals surface area contributed by atoms with Crippen molar-refractivity contribution in [1.82, 2.24) is 10.6 Å². The van der Waals surface area contributed by atoms with Crippen LogP contribution in [0.15, 0.2) is 0 Å². The first-order chi connectivity index (χ1) is 6.28. The lowest BCUT2D eigenvalue weighted by Crippen LogP contribution is -2.51. The van der Waals surface area contributed by atoms with Gasteiger partial charge in [0, 0.05) is 0 Å². The smallest absolute Gasteiger partial charge is 0.325 e. The van der Waals surface area contributed by atoms with Crippen molar-refractivity contribution in [2.45, 2.75) is 32.4 Å². The molecule has 5 nitrogen and oxygen atoms in total. The van der Waals surface area contributed by atoms with Crippen LogP contribution >= 0.6 is 0 Å². The van der Waals surface area contributed by atoms with Gasteiger partial charge >= 0.3 is 12.0 Å². The number of aliphatic carboxylic acids is 1. The van der Waals surface area contributed by atoms with Crippen molar-refractivity contribution in [3.8, 4) is 12.3 Å². The Hall–Kier alpha value is -1.70. The van der Waals surface area contributed by atoms with Crippen molar-refractivity contribution in [1.29, 1.82) is 0 Å². The number of carbonyl (C=O) groups is 2. The van der Waals surface area contributed by atoms with Gasteiger partial charge in [-0.25, -0.2) is 4.79 Å². The zero-order chi connectivity index (χ0) is 11.4. The second-order valence-electron chi connectivity index (χ2n) is 3.43. The van der Waals surface area contributed by atoms with E-state index in [1.54, 1.807) is 13.8 Å². The van der Waals surface area contributed by atoms with E-state index in [9.17, 15) is 9.59 Å². The molecule has 0 aromatic carbocycles. The summed E-state index contributed by atoms with van der Waals surface area (Å²) >= 11 is 0. The van der Waals surface area contributed by atoms with Gasteiger partial charge in [0.2, 0.25) is 0 Å². The van der Waals surface area contributed by atoms with Crippen molar-refractivity contribution >= 4 is 12.0 Å². The van der Waals surface area contributed by atoms with E-state index >= 15 is 0 Å². The molecule has 14 heavy (non-hydrogen) atoms. The Balaban J connectivity index is 4.14. The fourth-order valence-corrected chi connectivity index (χ4v) is 0.614. The molecule has 0 heterocycles. The third-order valence-corrected chi connectivity index (χ3v) is 1.50. The van der Waals surface area contributed by atoms with Gasteiger partial charge in [-0.1, -0.05) is 5.92 Å². The van der Waals surface area contributed by atoms with E-state index in [0.29, 0.717) is 0 Å². The molecule has 1 atom stereocenters. The first-order valence-electron chi connectivity index (χ1n) is 4.08. The van der Waals surface area contributed by atoms with Gasteiger partial charge in [-0.3, -0.25) is 4.79 Å². The molecule has 0 aromatic rings. The van der Waals surface area contributed by atoms with E-state index in [-0.39, 0.29) is 0 Å². The van der Waals surface area contributed by atoms with Crippen molar-refractivity contribution in [3.63, 3.8) is 0 Å². The normalized spacial score (nSPS) is 12.4. The third-order valence-electron chi connectivity index (χ3n) is 1.50. The van der Waals surface area contributed by atoms with Crippen LogP contribution in [0.3, 0.4) is 0 Å². The highest BCUT2D eigenvalue weighted by molar-refractivity contribution is 5.82. The molecule has 0 bridgehead atoms. The second-order valence-corrected chi connectivity index (χ2v) is 3.43. The summed E-state index contributed by atoms with van der Waals surface area (Å²) in [4.78, 5) is 21.5. The molecular weight excluding hydrogens is 184 g/mol. The standard InChI is InChI=1S/C9H14N2O3/c1-5-9(3,4)11-8(14)10-6(2)7(12)13/h1,6H,2-4H3,(H,12,13)(H2,10,11,14). The summed E-state index contributed by atoms with van der Waals surface area (Å²) < 4.78 is 0. The molecule has 0 aliphatic heterocycles. The summed E-state index contributed by atoms with van der Waals surface area (Å²) in [6, 6.07) is -1.54. The van der Waals surface area contributed by atoms with Gasteiger partial charge < -0.3 is 15.7 Å². The number of terminal acetylenes is 1. The lowest BCUT2D eigenvalue weighted by molar-refractivity contribution is -0.138. The fourth-order valence-electron chi connectivity index (χ4n) is 0.614. The van der Waals surface area contributed by atoms with E-state index in [1.807, 2.05) is 0 Å². The van der Waals surface area contributed by atoms with Crippen LogP contribution in [0.5, 0.6) is 0 Å². The Bertz CT molecular complexity index is 278. The minimum absolute atomic E-state index is 0.595. The molecule has 0 aromatic heterocycles. The highest BCUT2D eigenvalue weighted by atomic mass is 16.4. The van der Waals surface area contributed by atoms with Gasteiger partial charge in [0.1, 0.15) is 6.04 Å². The quantitative estimate of drug-likeness (QED) is 0.566. The molecule has 0 spiro atoms. The first-order valence-corrected chi connectivity index (χ1v) is 4.08. The Morgan fingerprint density at radius 1 is 1.50 bits per heavy atom. The second kappa shape index (κ2) is 4.51. The van der Waals surface area contributed by atoms with Gasteiger partial charge in [0.25, 0.3) is 0 Å². The van der Waals surface area contributed by atoms with Crippen LogP contribution in [0.1, 0.15) is 20.8 Å². The lowest BCUT2D eigenvalue weighted by Gasteiger charge is -2.20. The van der Waals surface area contributed by atoms with Gasteiger partial charge in [-0.2, -0.15) is 0 Å². The average molecular weight is 198 g/mol. The van der Waals surface area contributed by atoms with Crippen molar-refractivity contribution in [2.75, 3.05) is 0 Å². The molecule has 0 rings (SSSR count). The fraction of sp³-hybridized carbons (Fsp3) is 0.556. The highest BCUT2D eigenvalue weighted by Crippen LogP contribution is 1.97. The number of carboxylic acid groups (broad SMARTS) is 1. The maximum absolute atomic E-state index is 11.2. The monoisotopic (exact) mass is 198 g/mol. The van der Waals surface area contributed by atoms with E-state index in [0.717, 1.165) is 0 Å². The van der Waals surface area contributed by atoms with Crippen LogP contribution < -0.4 is 10.6 Å². The van der Waals surface area contributed by atoms with Crippen LogP contribution in [0.25, 0.3) is 0 Å². The van der Waals surface area contributed by atoms with E-state index in [4.69, 9.17) is 11.5 Å². The Morgan fingerprint density at radius 2 is 2.00 bits per heavy atom. The molecule has 1 unspecified atom stereocenters. The molecule has 0 saturated carbocycles. The molecule has 0 fully saturated rings. The molecular formula is C9H14N2O3. The number of amides is 2. The van der Waals surface area contributed by atoms with Crippen molar-refractivity contribution in [3.05, 3.63) is 0 Å². The van der Waals surface area contributed by atoms with Crippen LogP contribution in [0.4, 0.5) is 4.79 Å². The Kier molecular flexibility index (Phi) is 3.96. The molecule has 2 amide bonds. The topological polar surface area (TPSA) is 78.4 Å². The predicted molar refractivity (Wildman–Crippen MR) is 51.7 cm³/mol. The van der Waals surface area contributed by atoms with Gasteiger partial charge in [0.05, 0.1) is 5.54 Å². The number of nitrogens with one attached hydrogen (secondary N) is 2. The number of rotatable bonds is 3. The molecule has 0 aliphatic carbocycles. The largest absolute Gasteiger partial charge is 0.480 e. The highest BCUT2D eigenvalue weighted by Gasteiger charge is 2.19. The number of carbonyl (C=O) groups excluding carboxylic acids is 1. The summed E-state index contributed by atoms with van der Waals surface area (Å²) in [6.45, 7) is 4.64. The molecule has 78 valence electrons. The maximum atomic E-state index is 11.2. The minimum Gasteiger partial charge on any atom is -0.480 e. The first kappa shape index (κ1) is 12.3. The molecule has 3 N–H and O–H groups in total. The summed E-state index contributed by atoms with van der Waals surface area (Å²) in [5.74, 6) is 1.26. The molecule has 5 heteroatoms. The third kappa shape index (κ3) is 4.36.